The number of para-hydroxylation sites is 1. The van der Waals surface area contributed by atoms with E-state index in [1.165, 1.54) is 19.4 Å². The second-order valence-corrected chi connectivity index (χ2v) is 2.18. The lowest BCUT2D eigenvalue weighted by Gasteiger charge is -2.03. The first kappa shape index (κ1) is 9.07. The standard InChI is InChI=1S/C9H7NO3/c1-12-8-5-3-2-4-7(8)9(11)13-6-10/h2-5H,1H3. The van der Waals surface area contributed by atoms with E-state index in [0.717, 1.165) is 0 Å². The Morgan fingerprint density at radius 3 is 2.77 bits per heavy atom. The van der Waals surface area contributed by atoms with Crippen LogP contribution in [-0.4, -0.2) is 13.1 Å². The van der Waals surface area contributed by atoms with Crippen molar-refractivity contribution in [2.24, 2.45) is 0 Å². The lowest BCUT2D eigenvalue weighted by Crippen LogP contribution is -2.03. The van der Waals surface area contributed by atoms with Gasteiger partial charge in [-0.2, -0.15) is 0 Å². The fourth-order valence-electron chi connectivity index (χ4n) is 0.910. The van der Waals surface area contributed by atoms with E-state index in [4.69, 9.17) is 10.00 Å². The van der Waals surface area contributed by atoms with Crippen LogP contribution in [0.4, 0.5) is 0 Å². The maximum atomic E-state index is 11.1. The molecule has 0 fully saturated rings. The molecule has 0 saturated heterocycles. The molecule has 4 nitrogen and oxygen atoms in total. The molecule has 1 aromatic carbocycles. The van der Waals surface area contributed by atoms with Gasteiger partial charge >= 0.3 is 5.97 Å². The third kappa shape index (κ3) is 1.97. The van der Waals surface area contributed by atoms with E-state index in [2.05, 4.69) is 4.74 Å². The monoisotopic (exact) mass is 177 g/mol. The molecule has 0 saturated carbocycles. The van der Waals surface area contributed by atoms with Crippen molar-refractivity contribution >= 4 is 5.97 Å². The third-order valence-corrected chi connectivity index (χ3v) is 1.47. The Morgan fingerprint density at radius 2 is 2.15 bits per heavy atom. The van der Waals surface area contributed by atoms with E-state index in [0.29, 0.717) is 5.75 Å². The number of nitrogens with zero attached hydrogens (tertiary/aromatic N) is 1. The summed E-state index contributed by atoms with van der Waals surface area (Å²) in [5.74, 6) is -0.317. The van der Waals surface area contributed by atoms with E-state index in [9.17, 15) is 4.79 Å². The van der Waals surface area contributed by atoms with E-state index in [1.807, 2.05) is 0 Å². The van der Waals surface area contributed by atoms with Gasteiger partial charge in [-0.25, -0.2) is 4.79 Å². The van der Waals surface area contributed by atoms with Crippen LogP contribution in [0.1, 0.15) is 10.4 Å². The number of nitriles is 1. The highest BCUT2D eigenvalue weighted by atomic mass is 16.5. The van der Waals surface area contributed by atoms with Crippen molar-refractivity contribution in [1.82, 2.24) is 0 Å². The van der Waals surface area contributed by atoms with Gasteiger partial charge in [0, 0.05) is 0 Å². The molecule has 66 valence electrons. The van der Waals surface area contributed by atoms with Gasteiger partial charge in [0.15, 0.2) is 0 Å². The predicted molar refractivity (Wildman–Crippen MR) is 44.0 cm³/mol. The maximum absolute atomic E-state index is 11.1. The van der Waals surface area contributed by atoms with Crippen LogP contribution in [0.3, 0.4) is 0 Å². The molecule has 0 aromatic heterocycles. The highest BCUT2D eigenvalue weighted by Crippen LogP contribution is 2.17. The third-order valence-electron chi connectivity index (χ3n) is 1.47. The summed E-state index contributed by atoms with van der Waals surface area (Å²) in [6.45, 7) is 0. The summed E-state index contributed by atoms with van der Waals surface area (Å²) in [5, 5.41) is 8.13. The van der Waals surface area contributed by atoms with Gasteiger partial charge in [-0.1, -0.05) is 12.1 Å². The van der Waals surface area contributed by atoms with Crippen LogP contribution in [0.15, 0.2) is 24.3 Å². The van der Waals surface area contributed by atoms with Crippen LogP contribution in [0.25, 0.3) is 0 Å². The Morgan fingerprint density at radius 1 is 1.46 bits per heavy atom. The van der Waals surface area contributed by atoms with Crippen LogP contribution in [0.5, 0.6) is 5.75 Å². The Balaban J connectivity index is 3.00. The van der Waals surface area contributed by atoms with Crippen molar-refractivity contribution in [3.05, 3.63) is 29.8 Å². The van der Waals surface area contributed by atoms with E-state index >= 15 is 0 Å². The van der Waals surface area contributed by atoms with E-state index in [-0.39, 0.29) is 5.56 Å². The fraction of sp³-hybridized carbons (Fsp3) is 0.111. The maximum Gasteiger partial charge on any atom is 0.357 e. The van der Waals surface area contributed by atoms with Crippen LogP contribution in [0.2, 0.25) is 0 Å². The Kier molecular flexibility index (Phi) is 2.87. The van der Waals surface area contributed by atoms with Crippen molar-refractivity contribution in [3.8, 4) is 12.0 Å². The number of carbonyl (C=O) groups is 1. The van der Waals surface area contributed by atoms with Crippen molar-refractivity contribution in [3.63, 3.8) is 0 Å². The van der Waals surface area contributed by atoms with E-state index in [1.54, 1.807) is 18.2 Å². The zero-order valence-electron chi connectivity index (χ0n) is 6.98. The molecule has 0 aliphatic rings. The Hall–Kier alpha value is -2.02. The predicted octanol–water partition coefficient (Wildman–Crippen LogP) is 1.33. The number of ether oxygens (including phenoxy) is 2. The molecule has 0 bridgehead atoms. The minimum Gasteiger partial charge on any atom is -0.496 e. The minimum absolute atomic E-state index is 0.242. The first-order valence-electron chi connectivity index (χ1n) is 3.53. The quantitative estimate of drug-likeness (QED) is 0.505. The highest BCUT2D eigenvalue weighted by molar-refractivity contribution is 5.92. The highest BCUT2D eigenvalue weighted by Gasteiger charge is 2.12. The zero-order chi connectivity index (χ0) is 9.68. The van der Waals surface area contributed by atoms with Gasteiger partial charge in [0.25, 0.3) is 6.26 Å². The SMILES string of the molecule is COc1ccccc1C(=O)OC#N. The van der Waals surface area contributed by atoms with Gasteiger partial charge < -0.3 is 9.47 Å². The first-order valence-corrected chi connectivity index (χ1v) is 3.53. The van der Waals surface area contributed by atoms with Crippen LogP contribution < -0.4 is 4.74 Å². The van der Waals surface area contributed by atoms with Gasteiger partial charge in [0.05, 0.1) is 7.11 Å². The minimum atomic E-state index is -0.708. The summed E-state index contributed by atoms with van der Waals surface area (Å²) >= 11 is 0. The number of carbonyl (C=O) groups excluding carboxylic acids is 1. The van der Waals surface area contributed by atoms with Crippen molar-refractivity contribution < 1.29 is 14.3 Å². The topological polar surface area (TPSA) is 59.3 Å². The van der Waals surface area contributed by atoms with Crippen LogP contribution in [-0.2, 0) is 4.74 Å². The number of benzene rings is 1. The van der Waals surface area contributed by atoms with Crippen LogP contribution in [0, 0.1) is 11.5 Å². The molecule has 0 atom stereocenters. The number of hydrogen-bond donors (Lipinski definition) is 0. The van der Waals surface area contributed by atoms with Gasteiger partial charge in [0.2, 0.25) is 0 Å². The summed E-state index contributed by atoms with van der Waals surface area (Å²) in [6.07, 6.45) is 1.31. The second kappa shape index (κ2) is 4.12. The lowest BCUT2D eigenvalue weighted by molar-refractivity contribution is 0.0681. The Bertz CT molecular complexity index is 354. The summed E-state index contributed by atoms with van der Waals surface area (Å²) in [7, 11) is 1.44. The number of rotatable bonds is 2. The Labute approximate surface area is 75.3 Å². The van der Waals surface area contributed by atoms with E-state index < -0.39 is 5.97 Å². The number of hydrogen-bond acceptors (Lipinski definition) is 4. The van der Waals surface area contributed by atoms with Crippen molar-refractivity contribution in [1.29, 1.82) is 5.26 Å². The lowest BCUT2D eigenvalue weighted by atomic mass is 10.2. The molecule has 1 rings (SSSR count). The summed E-state index contributed by atoms with van der Waals surface area (Å²) in [6, 6.07) is 6.53. The van der Waals surface area contributed by atoms with Crippen molar-refractivity contribution in [2.45, 2.75) is 0 Å². The molecule has 0 unspecified atom stereocenters. The van der Waals surface area contributed by atoms with Crippen molar-refractivity contribution in [2.75, 3.05) is 7.11 Å². The summed E-state index contributed by atoms with van der Waals surface area (Å²) in [5.41, 5.74) is 0.242. The number of methoxy groups -OCH3 is 1. The smallest absolute Gasteiger partial charge is 0.357 e. The summed E-state index contributed by atoms with van der Waals surface area (Å²) < 4.78 is 9.06. The number of esters is 1. The largest absolute Gasteiger partial charge is 0.496 e. The molecule has 1 aromatic rings. The molecule has 0 radical (unpaired) electrons. The van der Waals surface area contributed by atoms with Gasteiger partial charge in [-0.15, -0.1) is 5.26 Å². The molecule has 13 heavy (non-hydrogen) atoms. The molecule has 0 heterocycles. The molecular formula is C9H7NO3. The van der Waals surface area contributed by atoms with Gasteiger partial charge in [0.1, 0.15) is 11.3 Å². The summed E-state index contributed by atoms with van der Waals surface area (Å²) in [4.78, 5) is 11.1. The molecule has 0 N–H and O–H groups in total. The van der Waals surface area contributed by atoms with Gasteiger partial charge in [-0.3, -0.25) is 0 Å². The fourth-order valence-corrected chi connectivity index (χ4v) is 0.910. The molecule has 0 amide bonds. The van der Waals surface area contributed by atoms with Crippen LogP contribution >= 0.6 is 0 Å². The molecule has 0 aliphatic carbocycles. The first-order chi connectivity index (χ1) is 6.29. The zero-order valence-corrected chi connectivity index (χ0v) is 6.98. The molecule has 0 aliphatic heterocycles. The molecular weight excluding hydrogens is 170 g/mol. The van der Waals surface area contributed by atoms with Gasteiger partial charge in [-0.05, 0) is 12.1 Å². The normalized spacial score (nSPS) is 8.62. The average molecular weight is 177 g/mol. The molecule has 0 spiro atoms. The second-order valence-electron chi connectivity index (χ2n) is 2.18. The molecule has 4 heteroatoms. The average Bonchev–Trinajstić information content (AvgIpc) is 2.18.